The minimum atomic E-state index is 0.564. The number of nitrogens with zero attached hydrogens (tertiary/aromatic N) is 3. The van der Waals surface area contributed by atoms with Crippen molar-refractivity contribution < 1.29 is 0 Å². The molecular weight excluding hydrogens is 380 g/mol. The van der Waals surface area contributed by atoms with Gasteiger partial charge in [-0.3, -0.25) is 0 Å². The second-order valence-corrected chi connectivity index (χ2v) is 10.6. The molecular formula is C27H42N4. The quantitative estimate of drug-likeness (QED) is 0.675. The number of benzene rings is 1. The molecule has 1 aromatic carbocycles. The lowest BCUT2D eigenvalue weighted by Crippen LogP contribution is -2.38. The molecule has 1 atom stereocenters. The van der Waals surface area contributed by atoms with Crippen LogP contribution in [0.25, 0.3) is 11.0 Å². The second kappa shape index (κ2) is 10.0. The maximum atomic E-state index is 5.21. The number of hydrogen-bond acceptors (Lipinski definition) is 3. The Hall–Kier alpha value is -1.39. The summed E-state index contributed by atoms with van der Waals surface area (Å²) in [6.07, 6.45) is 15.3. The summed E-state index contributed by atoms with van der Waals surface area (Å²) in [5.74, 6) is 2.86. The second-order valence-electron chi connectivity index (χ2n) is 10.6. The number of imidazole rings is 1. The minimum absolute atomic E-state index is 0.564. The van der Waals surface area contributed by atoms with Crippen molar-refractivity contribution in [2.24, 2.45) is 5.92 Å². The van der Waals surface area contributed by atoms with Gasteiger partial charge in [0.25, 0.3) is 0 Å². The maximum absolute atomic E-state index is 5.21. The normalized spacial score (nSPS) is 25.5. The summed E-state index contributed by atoms with van der Waals surface area (Å²) < 4.78 is 2.67. The van der Waals surface area contributed by atoms with Crippen LogP contribution in [0.15, 0.2) is 18.2 Å². The summed E-state index contributed by atoms with van der Waals surface area (Å²) >= 11 is 0. The van der Waals surface area contributed by atoms with Gasteiger partial charge in [-0.05, 0) is 75.6 Å². The molecule has 2 saturated heterocycles. The average Bonchev–Trinajstić information content (AvgIpc) is 3.15. The number of likely N-dealkylation sites (tertiary alicyclic amines) is 1. The first kappa shape index (κ1) is 21.5. The number of aromatic nitrogens is 2. The lowest BCUT2D eigenvalue weighted by Gasteiger charge is -2.36. The predicted molar refractivity (Wildman–Crippen MR) is 130 cm³/mol. The minimum Gasteiger partial charge on any atom is -0.324 e. The van der Waals surface area contributed by atoms with Gasteiger partial charge in [-0.1, -0.05) is 38.2 Å². The summed E-state index contributed by atoms with van der Waals surface area (Å²) in [5, 5.41) is 3.62. The molecule has 2 aromatic rings. The van der Waals surface area contributed by atoms with Crippen molar-refractivity contribution in [3.8, 4) is 0 Å². The van der Waals surface area contributed by atoms with Crippen molar-refractivity contribution in [1.82, 2.24) is 19.8 Å². The highest BCUT2D eigenvalue weighted by atomic mass is 15.2. The van der Waals surface area contributed by atoms with Crippen LogP contribution in [-0.2, 0) is 0 Å². The molecule has 3 heterocycles. The van der Waals surface area contributed by atoms with E-state index >= 15 is 0 Å². The summed E-state index contributed by atoms with van der Waals surface area (Å²) in [6, 6.07) is 7.50. The summed E-state index contributed by atoms with van der Waals surface area (Å²) in [5.41, 5.74) is 3.89. The molecule has 0 radical (unpaired) electrons. The van der Waals surface area contributed by atoms with Crippen LogP contribution in [0.5, 0.6) is 0 Å². The zero-order valence-electron chi connectivity index (χ0n) is 19.6. The third kappa shape index (κ3) is 5.01. The molecule has 3 aliphatic rings. The van der Waals surface area contributed by atoms with Gasteiger partial charge in [-0.2, -0.15) is 0 Å². The molecule has 0 bridgehead atoms. The SMILES string of the molecule is Cc1ccc2c(c1)nc([C@@H]1CCCNC1)n2C1CCN(CC2CCCCCCC2)CC1. The van der Waals surface area contributed by atoms with Crippen LogP contribution in [0.2, 0.25) is 0 Å². The van der Waals surface area contributed by atoms with Gasteiger partial charge in [0, 0.05) is 38.1 Å². The topological polar surface area (TPSA) is 33.1 Å². The molecule has 1 aliphatic carbocycles. The number of nitrogens with one attached hydrogen (secondary N) is 1. The van der Waals surface area contributed by atoms with Gasteiger partial charge < -0.3 is 14.8 Å². The van der Waals surface area contributed by atoms with Crippen molar-refractivity contribution in [3.05, 3.63) is 29.6 Å². The van der Waals surface area contributed by atoms with E-state index in [1.54, 1.807) is 0 Å². The van der Waals surface area contributed by atoms with Crippen LogP contribution in [0, 0.1) is 12.8 Å². The van der Waals surface area contributed by atoms with E-state index in [9.17, 15) is 0 Å². The Kier molecular flexibility index (Phi) is 6.95. The van der Waals surface area contributed by atoms with E-state index in [0.717, 1.165) is 19.0 Å². The van der Waals surface area contributed by atoms with Gasteiger partial charge in [-0.25, -0.2) is 4.98 Å². The van der Waals surface area contributed by atoms with Crippen LogP contribution < -0.4 is 5.32 Å². The highest BCUT2D eigenvalue weighted by Gasteiger charge is 2.29. The first-order chi connectivity index (χ1) is 15.3. The summed E-state index contributed by atoms with van der Waals surface area (Å²) in [6.45, 7) is 8.30. The lowest BCUT2D eigenvalue weighted by atomic mass is 9.90. The van der Waals surface area contributed by atoms with Crippen LogP contribution in [0.4, 0.5) is 0 Å². The first-order valence-electron chi connectivity index (χ1n) is 13.2. The van der Waals surface area contributed by atoms with E-state index in [1.165, 1.54) is 113 Å². The van der Waals surface area contributed by atoms with Gasteiger partial charge in [-0.15, -0.1) is 0 Å². The third-order valence-electron chi connectivity index (χ3n) is 8.20. The van der Waals surface area contributed by atoms with Crippen LogP contribution in [-0.4, -0.2) is 47.2 Å². The van der Waals surface area contributed by atoms with Crippen LogP contribution in [0.3, 0.4) is 0 Å². The van der Waals surface area contributed by atoms with Crippen LogP contribution in [0.1, 0.15) is 94.0 Å². The van der Waals surface area contributed by atoms with Crippen molar-refractivity contribution >= 4 is 11.0 Å². The number of fused-ring (bicyclic) bond motifs is 1. The summed E-state index contributed by atoms with van der Waals surface area (Å²) in [7, 11) is 0. The van der Waals surface area contributed by atoms with E-state index in [0.29, 0.717) is 12.0 Å². The average molecular weight is 423 g/mol. The highest BCUT2D eigenvalue weighted by Crippen LogP contribution is 2.34. The van der Waals surface area contributed by atoms with Crippen LogP contribution >= 0.6 is 0 Å². The number of hydrogen-bond donors (Lipinski definition) is 1. The molecule has 5 rings (SSSR count). The van der Waals surface area contributed by atoms with Crippen molar-refractivity contribution in [3.63, 3.8) is 0 Å². The molecule has 1 aromatic heterocycles. The zero-order valence-corrected chi connectivity index (χ0v) is 19.6. The first-order valence-corrected chi connectivity index (χ1v) is 13.2. The Morgan fingerprint density at radius 3 is 2.45 bits per heavy atom. The highest BCUT2D eigenvalue weighted by molar-refractivity contribution is 5.77. The molecule has 1 N–H and O–H groups in total. The molecule has 31 heavy (non-hydrogen) atoms. The Morgan fingerprint density at radius 2 is 1.71 bits per heavy atom. The molecule has 4 nitrogen and oxygen atoms in total. The van der Waals surface area contributed by atoms with E-state index in [4.69, 9.17) is 4.98 Å². The molecule has 4 heteroatoms. The fraction of sp³-hybridized carbons (Fsp3) is 0.741. The molecule has 0 unspecified atom stereocenters. The fourth-order valence-electron chi connectivity index (χ4n) is 6.42. The Morgan fingerprint density at radius 1 is 0.935 bits per heavy atom. The standard InChI is InChI=1S/C27H42N4/c1-21-11-12-26-25(18-21)29-27(23-10-7-15-28-19-23)31(26)24-13-16-30(17-14-24)20-22-8-5-3-2-4-6-9-22/h11-12,18,22-24,28H,2-10,13-17,19-20H2,1H3/t23-/m1/s1. The Balaban J connectivity index is 1.30. The smallest absolute Gasteiger partial charge is 0.114 e. The number of aryl methyl sites for hydroxylation is 1. The molecule has 0 spiro atoms. The van der Waals surface area contributed by atoms with E-state index in [-0.39, 0.29) is 0 Å². The molecule has 170 valence electrons. The van der Waals surface area contributed by atoms with E-state index < -0.39 is 0 Å². The largest absolute Gasteiger partial charge is 0.324 e. The number of piperidine rings is 2. The number of rotatable bonds is 4. The predicted octanol–water partition coefficient (Wildman–Crippen LogP) is 5.81. The Labute approximate surface area is 188 Å². The maximum Gasteiger partial charge on any atom is 0.114 e. The monoisotopic (exact) mass is 422 g/mol. The van der Waals surface area contributed by atoms with Gasteiger partial charge in [0.1, 0.15) is 5.82 Å². The van der Waals surface area contributed by atoms with Gasteiger partial charge >= 0.3 is 0 Å². The molecule has 0 amide bonds. The Bertz CT molecular complexity index is 834. The van der Waals surface area contributed by atoms with E-state index in [2.05, 4.69) is 39.9 Å². The van der Waals surface area contributed by atoms with Gasteiger partial charge in [0.2, 0.25) is 0 Å². The fourth-order valence-corrected chi connectivity index (χ4v) is 6.42. The van der Waals surface area contributed by atoms with Gasteiger partial charge in [0.05, 0.1) is 11.0 Å². The third-order valence-corrected chi connectivity index (χ3v) is 8.20. The van der Waals surface area contributed by atoms with Gasteiger partial charge in [0.15, 0.2) is 0 Å². The van der Waals surface area contributed by atoms with Crippen molar-refractivity contribution in [2.75, 3.05) is 32.7 Å². The molecule has 2 aliphatic heterocycles. The van der Waals surface area contributed by atoms with Crippen molar-refractivity contribution in [2.45, 2.75) is 89.5 Å². The van der Waals surface area contributed by atoms with E-state index in [1.807, 2.05) is 0 Å². The summed E-state index contributed by atoms with van der Waals surface area (Å²) in [4.78, 5) is 8.00. The zero-order chi connectivity index (χ0) is 21.0. The molecule has 3 fully saturated rings. The molecule has 1 saturated carbocycles. The van der Waals surface area contributed by atoms with Crippen molar-refractivity contribution in [1.29, 1.82) is 0 Å². The lowest BCUT2D eigenvalue weighted by molar-refractivity contribution is 0.151.